The number of pyridine rings is 1. The molecule has 1 aromatic rings. The van der Waals surface area contributed by atoms with Gasteiger partial charge in [0.15, 0.2) is 11.8 Å². The van der Waals surface area contributed by atoms with E-state index in [9.17, 15) is 4.79 Å². The van der Waals surface area contributed by atoms with Gasteiger partial charge in [-0.25, -0.2) is 0 Å². The van der Waals surface area contributed by atoms with Crippen molar-refractivity contribution in [3.8, 4) is 5.88 Å². The summed E-state index contributed by atoms with van der Waals surface area (Å²) in [6.07, 6.45) is 0. The Morgan fingerprint density at radius 1 is 1.37 bits per heavy atom. The van der Waals surface area contributed by atoms with Crippen LogP contribution in [0.25, 0.3) is 0 Å². The summed E-state index contributed by atoms with van der Waals surface area (Å²) >= 11 is 11.5. The first-order chi connectivity index (χ1) is 8.27. The van der Waals surface area contributed by atoms with Gasteiger partial charge in [0.25, 0.3) is 0 Å². The van der Waals surface area contributed by atoms with Crippen molar-refractivity contribution >= 4 is 40.9 Å². The molecule has 1 amide bonds. The van der Waals surface area contributed by atoms with E-state index < -0.39 is 11.9 Å². The van der Waals surface area contributed by atoms with Gasteiger partial charge in [0, 0.05) is 32.7 Å². The number of anilines is 1. The zero-order valence-corrected chi connectivity index (χ0v) is 14.3. The maximum atomic E-state index is 10.7. The molecule has 103 valence electrons. The Labute approximate surface area is 145 Å². The quantitative estimate of drug-likeness (QED) is 0.765. The molecule has 0 saturated carbocycles. The molecule has 0 spiro atoms. The maximum Gasteiger partial charge on any atom is 0.234 e. The molecule has 2 N–H and O–H groups in total. The third-order valence-electron chi connectivity index (χ3n) is 1.35. The number of carboxylic acids is 1. The van der Waals surface area contributed by atoms with Gasteiger partial charge in [-0.15, -0.1) is 0 Å². The largest absolute Gasteiger partial charge is 0.503 e. The molecule has 0 fully saturated rings. The van der Waals surface area contributed by atoms with Crippen molar-refractivity contribution in [3.63, 3.8) is 0 Å². The summed E-state index contributed by atoms with van der Waals surface area (Å²) in [5.41, 5.74) is 0. The number of aromatic nitrogens is 1. The molecule has 6 nitrogen and oxygen atoms in total. The van der Waals surface area contributed by atoms with Gasteiger partial charge in [0.2, 0.25) is 5.88 Å². The van der Waals surface area contributed by atoms with E-state index in [1.165, 1.54) is 13.2 Å². The number of amides is 1. The van der Waals surface area contributed by atoms with Crippen LogP contribution in [0.1, 0.15) is 0 Å². The van der Waals surface area contributed by atoms with Crippen molar-refractivity contribution in [2.75, 3.05) is 12.4 Å². The Balaban J connectivity index is 0. The Hall–Kier alpha value is -0.686. The first kappa shape index (κ1) is 20.6. The second kappa shape index (κ2) is 10.1. The third kappa shape index (κ3) is 8.94. The number of carboxylic acid groups (broad SMARTS) is 1. The van der Waals surface area contributed by atoms with Crippen molar-refractivity contribution in [2.45, 2.75) is 0 Å². The Kier molecular flexibility index (Phi) is 11.0. The maximum absolute atomic E-state index is 10.7. The van der Waals surface area contributed by atoms with Crippen molar-refractivity contribution < 1.29 is 52.1 Å². The molecule has 0 bridgehead atoms. The number of nitrogens with zero attached hydrogens (tertiary/aromatic N) is 1. The molecule has 0 aliphatic heterocycles. The summed E-state index contributed by atoms with van der Waals surface area (Å²) < 4.78 is 4.85. The Bertz CT molecular complexity index is 453. The molecule has 1 heterocycles. The number of hydrogen-bond donors (Lipinski definition) is 2. The van der Waals surface area contributed by atoms with Gasteiger partial charge in [0.1, 0.15) is 5.02 Å². The van der Waals surface area contributed by atoms with E-state index in [1.807, 2.05) is 0 Å². The molecular weight excluding hydrogens is 372 g/mol. The van der Waals surface area contributed by atoms with Crippen LogP contribution in [0.3, 0.4) is 0 Å². The molecule has 19 heavy (non-hydrogen) atoms. The monoisotopic (exact) mass is 381 g/mol. The van der Waals surface area contributed by atoms with E-state index in [-0.39, 0.29) is 54.5 Å². The SMILES string of the molecule is [CH2-]C(=O)Nc1nc(OC)c(Cl)cc1Cl.[CH2-]C(=O)O.[Y]. The molecule has 0 saturated heterocycles. The normalized spacial score (nSPS) is 8.37. The number of nitrogens with one attached hydrogen (secondary N) is 1. The fourth-order valence-corrected chi connectivity index (χ4v) is 1.30. The van der Waals surface area contributed by atoms with E-state index in [1.54, 1.807) is 0 Å². The van der Waals surface area contributed by atoms with Crippen LogP contribution in [0.15, 0.2) is 6.07 Å². The molecular formula is C10H10Cl2N2O4Y-2. The summed E-state index contributed by atoms with van der Waals surface area (Å²) in [4.78, 5) is 23.4. The van der Waals surface area contributed by atoms with Gasteiger partial charge in [-0.1, -0.05) is 23.2 Å². The number of aliphatic carboxylic acids is 1. The van der Waals surface area contributed by atoms with Gasteiger partial charge in [-0.3, -0.25) is 11.7 Å². The number of rotatable bonds is 2. The van der Waals surface area contributed by atoms with E-state index >= 15 is 0 Å². The molecule has 1 aromatic heterocycles. The van der Waals surface area contributed by atoms with Crippen molar-refractivity contribution in [1.82, 2.24) is 4.98 Å². The predicted molar refractivity (Wildman–Crippen MR) is 67.8 cm³/mol. The zero-order valence-electron chi connectivity index (χ0n) is 9.94. The summed E-state index contributed by atoms with van der Waals surface area (Å²) in [5, 5.41) is 10.2. The van der Waals surface area contributed by atoms with Crippen molar-refractivity contribution in [3.05, 3.63) is 30.0 Å². The minimum atomic E-state index is -1.08. The molecule has 0 atom stereocenters. The minimum Gasteiger partial charge on any atom is -0.503 e. The predicted octanol–water partition coefficient (Wildman–Crippen LogP) is 2.07. The molecule has 0 aliphatic carbocycles. The van der Waals surface area contributed by atoms with E-state index in [0.717, 1.165) is 0 Å². The average molecular weight is 382 g/mol. The summed E-state index contributed by atoms with van der Waals surface area (Å²) in [7, 11) is 1.41. The van der Waals surface area contributed by atoms with Crippen LogP contribution in [-0.4, -0.2) is 29.1 Å². The van der Waals surface area contributed by atoms with Gasteiger partial charge >= 0.3 is 0 Å². The van der Waals surface area contributed by atoms with E-state index in [2.05, 4.69) is 24.1 Å². The third-order valence-corrected chi connectivity index (χ3v) is 1.91. The zero-order chi connectivity index (χ0) is 14.3. The summed E-state index contributed by atoms with van der Waals surface area (Å²) in [6, 6.07) is 1.43. The number of ether oxygens (including phenoxy) is 1. The van der Waals surface area contributed by atoms with Gasteiger partial charge in [-0.05, 0) is 6.07 Å². The number of carbonyl (C=O) groups is 2. The molecule has 0 aliphatic rings. The van der Waals surface area contributed by atoms with Crippen molar-refractivity contribution in [1.29, 1.82) is 0 Å². The van der Waals surface area contributed by atoms with Crippen LogP contribution < -0.4 is 10.1 Å². The van der Waals surface area contributed by atoms with Crippen LogP contribution in [0.2, 0.25) is 10.0 Å². The Morgan fingerprint density at radius 2 is 1.84 bits per heavy atom. The van der Waals surface area contributed by atoms with Gasteiger partial charge in [0.05, 0.1) is 18.0 Å². The molecule has 1 rings (SSSR count). The number of carbonyl (C=O) groups excluding carboxylic acids is 1. The second-order valence-electron chi connectivity index (χ2n) is 2.75. The minimum absolute atomic E-state index is 0. The van der Waals surface area contributed by atoms with Crippen LogP contribution in [0.4, 0.5) is 5.82 Å². The fraction of sp³-hybridized carbons (Fsp3) is 0.100. The van der Waals surface area contributed by atoms with Crippen LogP contribution in [0.5, 0.6) is 5.88 Å². The van der Waals surface area contributed by atoms with Gasteiger partial charge in [-0.2, -0.15) is 4.98 Å². The number of halogens is 2. The molecule has 0 unspecified atom stereocenters. The standard InChI is InChI=1S/C8H7Cl2N2O2.C2H3O2.Y/c1-4(13)11-7-5(9)3-6(10)8(12-7)14-2;1-2(3)4;/h3H,1H2,2H3,(H,11,12,13);1H2,(H,3,4);/q2*-1;. The second-order valence-corrected chi connectivity index (χ2v) is 3.57. The number of hydrogen-bond acceptors (Lipinski definition) is 4. The van der Waals surface area contributed by atoms with Crippen molar-refractivity contribution in [2.24, 2.45) is 0 Å². The van der Waals surface area contributed by atoms with E-state index in [4.69, 9.17) is 37.8 Å². The summed E-state index contributed by atoms with van der Waals surface area (Å²) in [5.74, 6) is -1.23. The first-order valence-electron chi connectivity index (χ1n) is 4.35. The van der Waals surface area contributed by atoms with Gasteiger partial charge < -0.3 is 26.9 Å². The molecule has 0 aromatic carbocycles. The topological polar surface area (TPSA) is 88.5 Å². The Morgan fingerprint density at radius 3 is 2.21 bits per heavy atom. The van der Waals surface area contributed by atoms with Crippen LogP contribution in [0, 0.1) is 13.8 Å². The first-order valence-corrected chi connectivity index (χ1v) is 5.11. The van der Waals surface area contributed by atoms with E-state index in [0.29, 0.717) is 0 Å². The average Bonchev–Trinajstić information content (AvgIpc) is 2.20. The smallest absolute Gasteiger partial charge is 0.234 e. The fourth-order valence-electron chi connectivity index (χ4n) is 0.813. The summed E-state index contributed by atoms with van der Waals surface area (Å²) in [6.45, 7) is 5.69. The van der Waals surface area contributed by atoms with Crippen LogP contribution >= 0.6 is 23.2 Å². The molecule has 1 radical (unpaired) electrons. The number of methoxy groups -OCH3 is 1. The molecule has 9 heteroatoms. The van der Waals surface area contributed by atoms with Crippen LogP contribution in [-0.2, 0) is 42.3 Å².